The Kier molecular flexibility index (Phi) is 6.14. The van der Waals surface area contributed by atoms with Crippen LogP contribution in [0.15, 0.2) is 58.2 Å². The molecule has 1 aromatic heterocycles. The van der Waals surface area contributed by atoms with Gasteiger partial charge in [0.25, 0.3) is 5.22 Å². The number of hydrogen-bond acceptors (Lipinski definition) is 6. The molecule has 1 atom stereocenters. The quantitative estimate of drug-likeness (QED) is 0.582. The van der Waals surface area contributed by atoms with Gasteiger partial charge in [-0.05, 0) is 61.6 Å². The Balaban J connectivity index is 1.32. The zero-order chi connectivity index (χ0) is 20.1. The molecule has 2 aromatic carbocycles. The van der Waals surface area contributed by atoms with Crippen LogP contribution in [0.25, 0.3) is 11.5 Å². The summed E-state index contributed by atoms with van der Waals surface area (Å²) in [6.45, 7) is 2.56. The molecule has 6 nitrogen and oxygen atoms in total. The van der Waals surface area contributed by atoms with Gasteiger partial charge in [0, 0.05) is 5.56 Å². The minimum atomic E-state index is -0.0301. The third-order valence-corrected chi connectivity index (χ3v) is 5.67. The number of ether oxygens (including phenoxy) is 1. The molecule has 0 fully saturated rings. The van der Waals surface area contributed by atoms with Crippen LogP contribution >= 0.6 is 11.8 Å². The van der Waals surface area contributed by atoms with Crippen LogP contribution in [-0.4, -0.2) is 28.5 Å². The number of hydrogen-bond donors (Lipinski definition) is 1. The fraction of sp³-hybridized carbons (Fsp3) is 0.318. The van der Waals surface area contributed by atoms with Gasteiger partial charge >= 0.3 is 0 Å². The Morgan fingerprint density at radius 2 is 2.03 bits per heavy atom. The van der Waals surface area contributed by atoms with Crippen LogP contribution < -0.4 is 10.1 Å². The number of fused-ring (bicyclic) bond motifs is 1. The van der Waals surface area contributed by atoms with Gasteiger partial charge in [0.15, 0.2) is 0 Å². The Labute approximate surface area is 174 Å². The highest BCUT2D eigenvalue weighted by Crippen LogP contribution is 2.30. The molecule has 0 saturated heterocycles. The van der Waals surface area contributed by atoms with Gasteiger partial charge in [-0.25, -0.2) is 0 Å². The van der Waals surface area contributed by atoms with Crippen molar-refractivity contribution in [3.63, 3.8) is 0 Å². The second-order valence-electron chi connectivity index (χ2n) is 6.83. The summed E-state index contributed by atoms with van der Waals surface area (Å²) in [5, 5.41) is 11.6. The highest BCUT2D eigenvalue weighted by atomic mass is 32.2. The lowest BCUT2D eigenvalue weighted by molar-refractivity contribution is -0.119. The van der Waals surface area contributed by atoms with Gasteiger partial charge in [0.05, 0.1) is 18.4 Å². The molecule has 0 bridgehead atoms. The van der Waals surface area contributed by atoms with Crippen molar-refractivity contribution < 1.29 is 13.9 Å². The van der Waals surface area contributed by atoms with Gasteiger partial charge in [-0.1, -0.05) is 36.0 Å². The third kappa shape index (κ3) is 4.79. The first-order valence-corrected chi connectivity index (χ1v) is 10.8. The third-order valence-electron chi connectivity index (χ3n) is 4.85. The summed E-state index contributed by atoms with van der Waals surface area (Å²) < 4.78 is 11.1. The Morgan fingerprint density at radius 3 is 2.86 bits per heavy atom. The normalized spacial score (nSPS) is 15.6. The van der Waals surface area contributed by atoms with Crippen molar-refractivity contribution in [1.82, 2.24) is 15.5 Å². The standard InChI is InChI=1S/C22H23N3O3S/c1-2-27-17-12-10-16(11-13-17)21-24-25-22(28-21)29-14-20(26)23-19-9-5-7-15-6-3-4-8-18(15)19/h3-4,6,8,10-13,19H,2,5,7,9,14H2,1H3,(H,23,26)/t19-/m0/s1. The van der Waals surface area contributed by atoms with Crippen molar-refractivity contribution >= 4 is 17.7 Å². The largest absolute Gasteiger partial charge is 0.494 e. The zero-order valence-electron chi connectivity index (χ0n) is 16.3. The summed E-state index contributed by atoms with van der Waals surface area (Å²) in [5.74, 6) is 1.44. The number of carbonyl (C=O) groups excluding carboxylic acids is 1. The number of aryl methyl sites for hydroxylation is 1. The van der Waals surface area contributed by atoms with Crippen LogP contribution in [-0.2, 0) is 11.2 Å². The van der Waals surface area contributed by atoms with E-state index in [1.807, 2.05) is 37.3 Å². The van der Waals surface area contributed by atoms with E-state index in [4.69, 9.17) is 9.15 Å². The predicted octanol–water partition coefficient (Wildman–Crippen LogP) is 4.42. The lowest BCUT2D eigenvalue weighted by Gasteiger charge is -2.26. The predicted molar refractivity (Wildman–Crippen MR) is 112 cm³/mol. The summed E-state index contributed by atoms with van der Waals surface area (Å²) in [7, 11) is 0. The molecule has 0 saturated carbocycles. The maximum Gasteiger partial charge on any atom is 0.277 e. The Bertz CT molecular complexity index is 971. The van der Waals surface area contributed by atoms with Crippen LogP contribution in [0.5, 0.6) is 5.75 Å². The minimum Gasteiger partial charge on any atom is -0.494 e. The topological polar surface area (TPSA) is 77.2 Å². The molecule has 29 heavy (non-hydrogen) atoms. The number of nitrogens with one attached hydrogen (secondary N) is 1. The average molecular weight is 410 g/mol. The molecule has 1 aliphatic rings. The smallest absolute Gasteiger partial charge is 0.277 e. The molecular formula is C22H23N3O3S. The van der Waals surface area contributed by atoms with E-state index in [1.165, 1.54) is 22.9 Å². The molecule has 0 unspecified atom stereocenters. The van der Waals surface area contributed by atoms with Crippen molar-refractivity contribution in [3.8, 4) is 17.2 Å². The number of carbonyl (C=O) groups is 1. The minimum absolute atomic E-state index is 0.0301. The molecule has 1 aliphatic carbocycles. The maximum absolute atomic E-state index is 12.4. The number of nitrogens with zero attached hydrogens (tertiary/aromatic N) is 2. The second kappa shape index (κ2) is 9.13. The summed E-state index contributed by atoms with van der Waals surface area (Å²) in [6.07, 6.45) is 3.13. The second-order valence-corrected chi connectivity index (χ2v) is 7.76. The van der Waals surface area contributed by atoms with Gasteiger partial charge in [0.1, 0.15) is 5.75 Å². The van der Waals surface area contributed by atoms with E-state index in [0.717, 1.165) is 30.6 Å². The highest BCUT2D eigenvalue weighted by molar-refractivity contribution is 7.99. The van der Waals surface area contributed by atoms with Gasteiger partial charge in [-0.2, -0.15) is 0 Å². The summed E-state index contributed by atoms with van der Waals surface area (Å²) in [5.41, 5.74) is 3.37. The van der Waals surface area contributed by atoms with Crippen LogP contribution in [0, 0.1) is 0 Å². The SMILES string of the molecule is CCOc1ccc(-c2nnc(SCC(=O)N[C@H]3CCCc4ccccc43)o2)cc1. The molecule has 150 valence electrons. The van der Waals surface area contributed by atoms with Crippen LogP contribution in [0.2, 0.25) is 0 Å². The number of rotatable bonds is 7. The van der Waals surface area contributed by atoms with Crippen molar-refractivity contribution in [2.45, 2.75) is 37.5 Å². The van der Waals surface area contributed by atoms with E-state index in [0.29, 0.717) is 17.7 Å². The number of aromatic nitrogens is 2. The van der Waals surface area contributed by atoms with Crippen molar-refractivity contribution in [2.24, 2.45) is 0 Å². The molecule has 0 spiro atoms. The van der Waals surface area contributed by atoms with Gasteiger partial charge in [0.2, 0.25) is 11.8 Å². The van der Waals surface area contributed by atoms with E-state index in [2.05, 4.69) is 33.7 Å². The molecular weight excluding hydrogens is 386 g/mol. The fourth-order valence-electron chi connectivity index (χ4n) is 3.51. The first-order valence-electron chi connectivity index (χ1n) is 9.79. The first-order chi connectivity index (χ1) is 14.2. The summed E-state index contributed by atoms with van der Waals surface area (Å²) in [6, 6.07) is 15.9. The van der Waals surface area contributed by atoms with Gasteiger partial charge in [-0.3, -0.25) is 4.79 Å². The number of benzene rings is 2. The molecule has 0 aliphatic heterocycles. The Morgan fingerprint density at radius 1 is 1.21 bits per heavy atom. The van der Waals surface area contributed by atoms with Crippen LogP contribution in [0.1, 0.15) is 36.9 Å². The molecule has 7 heteroatoms. The van der Waals surface area contributed by atoms with Crippen molar-refractivity contribution in [1.29, 1.82) is 0 Å². The van der Waals surface area contributed by atoms with Crippen LogP contribution in [0.4, 0.5) is 0 Å². The molecule has 4 rings (SSSR count). The van der Waals surface area contributed by atoms with Crippen LogP contribution in [0.3, 0.4) is 0 Å². The summed E-state index contributed by atoms with van der Waals surface area (Å²) >= 11 is 1.25. The monoisotopic (exact) mass is 409 g/mol. The lowest BCUT2D eigenvalue weighted by Crippen LogP contribution is -2.32. The van der Waals surface area contributed by atoms with E-state index < -0.39 is 0 Å². The van der Waals surface area contributed by atoms with E-state index in [1.54, 1.807) is 0 Å². The number of thioether (sulfide) groups is 1. The molecule has 1 N–H and O–H groups in total. The fourth-order valence-corrected chi connectivity index (χ4v) is 4.09. The average Bonchev–Trinajstić information content (AvgIpc) is 3.22. The molecule has 0 radical (unpaired) electrons. The molecule has 1 amide bonds. The van der Waals surface area contributed by atoms with E-state index >= 15 is 0 Å². The zero-order valence-corrected chi connectivity index (χ0v) is 17.1. The number of amides is 1. The van der Waals surface area contributed by atoms with Crippen molar-refractivity contribution in [3.05, 3.63) is 59.7 Å². The first kappa shape index (κ1) is 19.5. The molecule has 3 aromatic rings. The van der Waals surface area contributed by atoms with Crippen molar-refractivity contribution in [2.75, 3.05) is 12.4 Å². The van der Waals surface area contributed by atoms with Gasteiger partial charge in [-0.15, -0.1) is 10.2 Å². The lowest BCUT2D eigenvalue weighted by atomic mass is 9.88. The van der Waals surface area contributed by atoms with Gasteiger partial charge < -0.3 is 14.5 Å². The van der Waals surface area contributed by atoms with E-state index in [9.17, 15) is 4.79 Å². The highest BCUT2D eigenvalue weighted by Gasteiger charge is 2.21. The molecule has 1 heterocycles. The van der Waals surface area contributed by atoms with E-state index in [-0.39, 0.29) is 17.7 Å². The summed E-state index contributed by atoms with van der Waals surface area (Å²) in [4.78, 5) is 12.4. The maximum atomic E-state index is 12.4. The Hall–Kier alpha value is -2.80.